The summed E-state index contributed by atoms with van der Waals surface area (Å²) in [6, 6.07) is 8.21. The first kappa shape index (κ1) is 18.1. The molecule has 0 N–H and O–H groups in total. The summed E-state index contributed by atoms with van der Waals surface area (Å²) in [4.78, 5) is 8.20. The highest BCUT2D eigenvalue weighted by molar-refractivity contribution is 7.98. The fraction of sp³-hybridized carbons (Fsp3) is 0.389. The smallest absolute Gasteiger partial charge is 0.368 e. The summed E-state index contributed by atoms with van der Waals surface area (Å²) < 4.78 is 40.9. The number of alkyl halides is 3. The highest BCUT2D eigenvalue weighted by atomic mass is 32.2. The monoisotopic (exact) mass is 367 g/mol. The number of aromatic nitrogens is 1. The number of hydrogen-bond acceptors (Lipinski definition) is 4. The summed E-state index contributed by atoms with van der Waals surface area (Å²) in [5.41, 5.74) is 0.903. The first-order chi connectivity index (χ1) is 11.9. The molecule has 134 valence electrons. The van der Waals surface area contributed by atoms with Gasteiger partial charge >= 0.3 is 6.18 Å². The Kier molecular flexibility index (Phi) is 5.24. The predicted octanol–water partition coefficient (Wildman–Crippen LogP) is 4.24. The zero-order valence-electron chi connectivity index (χ0n) is 14.2. The van der Waals surface area contributed by atoms with Gasteiger partial charge in [0.25, 0.3) is 0 Å². The fourth-order valence-corrected chi connectivity index (χ4v) is 3.30. The van der Waals surface area contributed by atoms with Crippen molar-refractivity contribution in [2.24, 2.45) is 0 Å². The molecule has 25 heavy (non-hydrogen) atoms. The molecule has 7 heteroatoms. The van der Waals surface area contributed by atoms with Gasteiger partial charge in [0.2, 0.25) is 0 Å². The number of benzene rings is 1. The van der Waals surface area contributed by atoms with E-state index in [2.05, 4.69) is 9.88 Å². The standard InChI is InChI=1S/C18H20F3N3S/c1-23-7-9-24(10-8-23)16-5-3-13(11-15(16)18(19,20)21)14-4-6-17(25-2)22-12-14/h3-6,11-12H,7-10H2,1-2H3. The van der Waals surface area contributed by atoms with Gasteiger partial charge in [0.05, 0.1) is 10.6 Å². The van der Waals surface area contributed by atoms with E-state index in [0.717, 1.165) is 18.1 Å². The molecule has 1 fully saturated rings. The first-order valence-corrected chi connectivity index (χ1v) is 9.26. The van der Waals surface area contributed by atoms with Gasteiger partial charge in [0.15, 0.2) is 0 Å². The molecule has 2 aromatic rings. The highest BCUT2D eigenvalue weighted by Crippen LogP contribution is 2.39. The molecule has 3 nitrogen and oxygen atoms in total. The fourth-order valence-electron chi connectivity index (χ4n) is 2.94. The Morgan fingerprint density at radius 3 is 2.24 bits per heavy atom. The summed E-state index contributed by atoms with van der Waals surface area (Å²) in [6.45, 7) is 2.73. The summed E-state index contributed by atoms with van der Waals surface area (Å²) in [5.74, 6) is 0. The van der Waals surface area contributed by atoms with Crippen molar-refractivity contribution in [3.63, 3.8) is 0 Å². The zero-order chi connectivity index (χ0) is 18.0. The third kappa shape index (κ3) is 4.10. The van der Waals surface area contributed by atoms with Gasteiger partial charge < -0.3 is 9.80 Å². The molecule has 1 aromatic heterocycles. The number of pyridine rings is 1. The second-order valence-corrected chi connectivity index (χ2v) is 6.94. The minimum Gasteiger partial charge on any atom is -0.368 e. The number of anilines is 1. The third-order valence-corrected chi connectivity index (χ3v) is 5.08. The Bertz CT molecular complexity index is 723. The van der Waals surface area contributed by atoms with Crippen LogP contribution in [0.25, 0.3) is 11.1 Å². The SMILES string of the molecule is CSc1ccc(-c2ccc(N3CCN(C)CC3)c(C(F)(F)F)c2)cn1. The van der Waals surface area contributed by atoms with Crippen LogP contribution in [0.2, 0.25) is 0 Å². The van der Waals surface area contributed by atoms with Crippen molar-refractivity contribution in [1.82, 2.24) is 9.88 Å². The van der Waals surface area contributed by atoms with Gasteiger partial charge in [-0.05, 0) is 37.1 Å². The van der Waals surface area contributed by atoms with E-state index in [1.165, 1.54) is 17.8 Å². The van der Waals surface area contributed by atoms with Gasteiger partial charge in [0, 0.05) is 43.6 Å². The maximum atomic E-state index is 13.6. The van der Waals surface area contributed by atoms with E-state index < -0.39 is 11.7 Å². The van der Waals surface area contributed by atoms with Crippen LogP contribution in [0.5, 0.6) is 0 Å². The van der Waals surface area contributed by atoms with E-state index in [9.17, 15) is 13.2 Å². The summed E-state index contributed by atoms with van der Waals surface area (Å²) in [6.07, 6.45) is -0.854. The highest BCUT2D eigenvalue weighted by Gasteiger charge is 2.35. The molecule has 0 bridgehead atoms. The van der Waals surface area contributed by atoms with E-state index >= 15 is 0 Å². The maximum Gasteiger partial charge on any atom is 0.418 e. The van der Waals surface area contributed by atoms with Crippen molar-refractivity contribution in [2.75, 3.05) is 44.4 Å². The number of hydrogen-bond donors (Lipinski definition) is 0. The van der Waals surface area contributed by atoms with Gasteiger partial charge in [0.1, 0.15) is 0 Å². The lowest BCUT2D eigenvalue weighted by Gasteiger charge is -2.35. The zero-order valence-corrected chi connectivity index (χ0v) is 15.0. The summed E-state index contributed by atoms with van der Waals surface area (Å²) in [5, 5.41) is 0.842. The van der Waals surface area contributed by atoms with Gasteiger partial charge in [-0.2, -0.15) is 13.2 Å². The normalized spacial score (nSPS) is 16.3. The molecule has 2 heterocycles. The lowest BCUT2D eigenvalue weighted by atomic mass is 10.0. The minimum atomic E-state index is -4.39. The molecule has 0 radical (unpaired) electrons. The summed E-state index contributed by atoms with van der Waals surface area (Å²) >= 11 is 1.50. The first-order valence-electron chi connectivity index (χ1n) is 8.03. The van der Waals surface area contributed by atoms with Gasteiger partial charge in [-0.1, -0.05) is 12.1 Å². The number of likely N-dealkylation sites (N-methyl/N-ethyl adjacent to an activating group) is 1. The molecule has 1 aliphatic rings. The van der Waals surface area contributed by atoms with E-state index in [4.69, 9.17) is 0 Å². The van der Waals surface area contributed by atoms with Crippen molar-refractivity contribution >= 4 is 17.4 Å². The maximum absolute atomic E-state index is 13.6. The molecule has 1 saturated heterocycles. The minimum absolute atomic E-state index is 0.262. The molecular weight excluding hydrogens is 347 g/mol. The second-order valence-electron chi connectivity index (χ2n) is 6.11. The van der Waals surface area contributed by atoms with Crippen molar-refractivity contribution in [2.45, 2.75) is 11.2 Å². The number of piperazine rings is 1. The largest absolute Gasteiger partial charge is 0.418 e. The molecule has 0 amide bonds. The Labute approximate surface area is 149 Å². The Hall–Kier alpha value is -1.73. The number of nitrogens with zero attached hydrogens (tertiary/aromatic N) is 3. The topological polar surface area (TPSA) is 19.4 Å². The van der Waals surface area contributed by atoms with Crippen molar-refractivity contribution in [1.29, 1.82) is 0 Å². The third-order valence-electron chi connectivity index (χ3n) is 4.42. The average Bonchev–Trinajstić information content (AvgIpc) is 2.61. The van der Waals surface area contributed by atoms with E-state index in [0.29, 0.717) is 24.2 Å². The lowest BCUT2D eigenvalue weighted by molar-refractivity contribution is -0.137. The number of thioether (sulfide) groups is 1. The predicted molar refractivity (Wildman–Crippen MR) is 96.2 cm³/mol. The van der Waals surface area contributed by atoms with Crippen LogP contribution in [0.15, 0.2) is 41.6 Å². The molecule has 0 spiro atoms. The van der Waals surface area contributed by atoms with Crippen molar-refractivity contribution in [3.8, 4) is 11.1 Å². The van der Waals surface area contributed by atoms with Crippen LogP contribution >= 0.6 is 11.8 Å². The van der Waals surface area contributed by atoms with Crippen molar-refractivity contribution < 1.29 is 13.2 Å². The second kappa shape index (κ2) is 7.25. The quantitative estimate of drug-likeness (QED) is 0.756. The summed E-state index contributed by atoms with van der Waals surface area (Å²) in [7, 11) is 1.98. The van der Waals surface area contributed by atoms with Crippen LogP contribution in [0.3, 0.4) is 0 Å². The molecule has 1 aromatic carbocycles. The Morgan fingerprint density at radius 2 is 1.68 bits per heavy atom. The van der Waals surface area contributed by atoms with Gasteiger partial charge in [-0.15, -0.1) is 11.8 Å². The van der Waals surface area contributed by atoms with E-state index in [-0.39, 0.29) is 5.69 Å². The molecule has 0 atom stereocenters. The number of rotatable bonds is 3. The lowest BCUT2D eigenvalue weighted by Crippen LogP contribution is -2.45. The van der Waals surface area contributed by atoms with Crippen LogP contribution in [0, 0.1) is 0 Å². The van der Waals surface area contributed by atoms with Crippen LogP contribution in [0.4, 0.5) is 18.9 Å². The molecule has 0 aliphatic carbocycles. The van der Waals surface area contributed by atoms with Crippen LogP contribution < -0.4 is 4.90 Å². The molecular formula is C18H20F3N3S. The van der Waals surface area contributed by atoms with E-state index in [1.807, 2.05) is 30.3 Å². The van der Waals surface area contributed by atoms with Crippen LogP contribution in [-0.4, -0.2) is 49.4 Å². The molecule has 0 unspecified atom stereocenters. The Balaban J connectivity index is 1.97. The van der Waals surface area contributed by atoms with Gasteiger partial charge in [-0.25, -0.2) is 4.98 Å². The van der Waals surface area contributed by atoms with E-state index in [1.54, 1.807) is 18.3 Å². The Morgan fingerprint density at radius 1 is 1.00 bits per heavy atom. The van der Waals surface area contributed by atoms with Crippen LogP contribution in [0.1, 0.15) is 5.56 Å². The molecule has 0 saturated carbocycles. The molecule has 3 rings (SSSR count). The number of halogens is 3. The van der Waals surface area contributed by atoms with Crippen LogP contribution in [-0.2, 0) is 6.18 Å². The average molecular weight is 367 g/mol. The van der Waals surface area contributed by atoms with Gasteiger partial charge in [-0.3, -0.25) is 0 Å². The molecule has 1 aliphatic heterocycles. The van der Waals surface area contributed by atoms with Crippen molar-refractivity contribution in [3.05, 3.63) is 42.1 Å².